The van der Waals surface area contributed by atoms with E-state index in [1.165, 1.54) is 12.1 Å². The molecule has 0 unspecified atom stereocenters. The van der Waals surface area contributed by atoms with Gasteiger partial charge in [-0.05, 0) is 17.7 Å². The lowest BCUT2D eigenvalue weighted by Gasteiger charge is -2.03. The second-order valence-electron chi connectivity index (χ2n) is 4.25. The van der Waals surface area contributed by atoms with Crippen LogP contribution in [0.1, 0.15) is 24.0 Å². The lowest BCUT2D eigenvalue weighted by Crippen LogP contribution is -2.12. The third-order valence-corrected chi connectivity index (χ3v) is 2.84. The largest absolute Gasteiger partial charge is 0.465 e. The molecule has 0 saturated carbocycles. The maximum absolute atomic E-state index is 10.5. The van der Waals surface area contributed by atoms with E-state index in [0.29, 0.717) is 13.1 Å². The Kier molecular flexibility index (Phi) is 4.30. The van der Waals surface area contributed by atoms with Crippen molar-refractivity contribution in [3.8, 4) is 0 Å². The Morgan fingerprint density at radius 2 is 1.79 bits per heavy atom. The highest BCUT2D eigenvalue weighted by Crippen LogP contribution is 2.12. The average molecular weight is 260 g/mol. The normalized spacial score (nSPS) is 10.6. The van der Waals surface area contributed by atoms with Crippen molar-refractivity contribution in [2.45, 2.75) is 26.4 Å². The Morgan fingerprint density at radius 1 is 1.11 bits per heavy atom. The third kappa shape index (κ3) is 3.66. The summed E-state index contributed by atoms with van der Waals surface area (Å²) < 4.78 is 5.57. The summed E-state index contributed by atoms with van der Waals surface area (Å²) in [6.45, 7) is 3.35. The van der Waals surface area contributed by atoms with Gasteiger partial charge in [-0.3, -0.25) is 10.1 Å². The van der Waals surface area contributed by atoms with Crippen LogP contribution in [0.5, 0.6) is 0 Å². The predicted molar refractivity (Wildman–Crippen MR) is 71.7 cm³/mol. The summed E-state index contributed by atoms with van der Waals surface area (Å²) in [5, 5.41) is 13.8. The van der Waals surface area contributed by atoms with Gasteiger partial charge >= 0.3 is 0 Å². The Labute approximate surface area is 111 Å². The van der Waals surface area contributed by atoms with Crippen molar-refractivity contribution < 1.29 is 9.34 Å². The molecule has 0 fully saturated rings. The van der Waals surface area contributed by atoms with Gasteiger partial charge in [0.15, 0.2) is 0 Å². The van der Waals surface area contributed by atoms with Crippen LogP contribution in [-0.2, 0) is 19.5 Å². The molecule has 1 N–H and O–H groups in total. The fraction of sp³-hybridized carbons (Fsp3) is 0.286. The van der Waals surface area contributed by atoms with Gasteiger partial charge in [0.1, 0.15) is 11.5 Å². The molecule has 0 amide bonds. The molecule has 0 saturated heterocycles. The van der Waals surface area contributed by atoms with E-state index in [2.05, 4.69) is 5.32 Å². The molecule has 0 aliphatic rings. The van der Waals surface area contributed by atoms with E-state index in [0.717, 1.165) is 23.5 Å². The van der Waals surface area contributed by atoms with Crippen molar-refractivity contribution >= 4 is 5.69 Å². The van der Waals surface area contributed by atoms with Gasteiger partial charge in [-0.25, -0.2) is 0 Å². The first-order chi connectivity index (χ1) is 9.19. The molecule has 1 heterocycles. The van der Waals surface area contributed by atoms with Gasteiger partial charge in [-0.1, -0.05) is 19.1 Å². The van der Waals surface area contributed by atoms with Crippen LogP contribution in [0, 0.1) is 10.1 Å². The van der Waals surface area contributed by atoms with Crippen molar-refractivity contribution in [3.05, 3.63) is 63.6 Å². The number of non-ortho nitro benzene ring substituents is 1. The molecule has 19 heavy (non-hydrogen) atoms. The number of nitrogens with one attached hydrogen (secondary N) is 1. The first-order valence-corrected chi connectivity index (χ1v) is 6.20. The van der Waals surface area contributed by atoms with Crippen LogP contribution in [-0.4, -0.2) is 4.92 Å². The highest BCUT2D eigenvalue weighted by atomic mass is 16.6. The zero-order valence-corrected chi connectivity index (χ0v) is 10.8. The molecule has 100 valence electrons. The van der Waals surface area contributed by atoms with E-state index in [4.69, 9.17) is 4.42 Å². The average Bonchev–Trinajstić information content (AvgIpc) is 2.87. The number of benzene rings is 1. The molecule has 2 rings (SSSR count). The standard InChI is InChI=1S/C14H16N2O3/c1-2-13-7-8-14(19-13)10-15-9-11-3-5-12(6-4-11)16(17)18/h3-8,15H,2,9-10H2,1H3. The highest BCUT2D eigenvalue weighted by molar-refractivity contribution is 5.32. The topological polar surface area (TPSA) is 68.3 Å². The van der Waals surface area contributed by atoms with Crippen LogP contribution in [0.2, 0.25) is 0 Å². The van der Waals surface area contributed by atoms with Crippen molar-refractivity contribution in [1.82, 2.24) is 5.32 Å². The SMILES string of the molecule is CCc1ccc(CNCc2ccc([N+](=O)[O-])cc2)o1. The van der Waals surface area contributed by atoms with Crippen LogP contribution in [0.3, 0.4) is 0 Å². The smallest absolute Gasteiger partial charge is 0.269 e. The van der Waals surface area contributed by atoms with Crippen molar-refractivity contribution in [3.63, 3.8) is 0 Å². The first kappa shape index (κ1) is 13.3. The molecule has 1 aromatic heterocycles. The molecule has 0 radical (unpaired) electrons. The fourth-order valence-corrected chi connectivity index (χ4v) is 1.77. The third-order valence-electron chi connectivity index (χ3n) is 2.84. The number of rotatable bonds is 6. The maximum Gasteiger partial charge on any atom is 0.269 e. The van der Waals surface area contributed by atoms with E-state index in [1.54, 1.807) is 12.1 Å². The first-order valence-electron chi connectivity index (χ1n) is 6.20. The molecule has 1 aromatic carbocycles. The lowest BCUT2D eigenvalue weighted by molar-refractivity contribution is -0.384. The fourth-order valence-electron chi connectivity index (χ4n) is 1.77. The van der Waals surface area contributed by atoms with Crippen molar-refractivity contribution in [1.29, 1.82) is 0 Å². The molecular weight excluding hydrogens is 244 g/mol. The van der Waals surface area contributed by atoms with Crippen LogP contribution in [0.25, 0.3) is 0 Å². The molecule has 5 heteroatoms. The predicted octanol–water partition coefficient (Wildman–Crippen LogP) is 3.04. The highest BCUT2D eigenvalue weighted by Gasteiger charge is 2.04. The molecule has 0 aliphatic heterocycles. The maximum atomic E-state index is 10.5. The zero-order chi connectivity index (χ0) is 13.7. The van der Waals surface area contributed by atoms with Crippen molar-refractivity contribution in [2.75, 3.05) is 0 Å². The second kappa shape index (κ2) is 6.15. The number of nitro benzene ring substituents is 1. The summed E-state index contributed by atoms with van der Waals surface area (Å²) in [5.41, 5.74) is 1.12. The summed E-state index contributed by atoms with van der Waals surface area (Å²) >= 11 is 0. The van der Waals surface area contributed by atoms with E-state index < -0.39 is 4.92 Å². The molecular formula is C14H16N2O3. The molecule has 0 spiro atoms. The Hall–Kier alpha value is -2.14. The molecule has 0 bridgehead atoms. The minimum absolute atomic E-state index is 0.113. The Balaban J connectivity index is 1.83. The van der Waals surface area contributed by atoms with Gasteiger partial charge in [0.2, 0.25) is 0 Å². The van der Waals surface area contributed by atoms with Crippen molar-refractivity contribution in [2.24, 2.45) is 0 Å². The minimum atomic E-state index is -0.396. The Bertz CT molecular complexity index is 546. The molecule has 0 aliphatic carbocycles. The Morgan fingerprint density at radius 3 is 2.37 bits per heavy atom. The van der Waals surface area contributed by atoms with E-state index >= 15 is 0 Å². The quantitative estimate of drug-likeness (QED) is 0.640. The summed E-state index contributed by atoms with van der Waals surface area (Å²) in [6, 6.07) is 10.5. The number of hydrogen-bond acceptors (Lipinski definition) is 4. The van der Waals surface area contributed by atoms with Crippen LogP contribution in [0.15, 0.2) is 40.8 Å². The van der Waals surface area contributed by atoms with Gasteiger partial charge < -0.3 is 9.73 Å². The van der Waals surface area contributed by atoms with Crippen LogP contribution >= 0.6 is 0 Å². The summed E-state index contributed by atoms with van der Waals surface area (Å²) in [5.74, 6) is 1.88. The number of nitro groups is 1. The molecule has 0 atom stereocenters. The summed E-state index contributed by atoms with van der Waals surface area (Å²) in [6.07, 6.45) is 0.891. The number of aryl methyl sites for hydroxylation is 1. The monoisotopic (exact) mass is 260 g/mol. The lowest BCUT2D eigenvalue weighted by atomic mass is 10.2. The summed E-state index contributed by atoms with van der Waals surface area (Å²) in [7, 11) is 0. The van der Waals surface area contributed by atoms with Gasteiger partial charge in [0, 0.05) is 25.1 Å². The summed E-state index contributed by atoms with van der Waals surface area (Å²) in [4.78, 5) is 10.1. The van der Waals surface area contributed by atoms with Crippen LogP contribution in [0.4, 0.5) is 5.69 Å². The number of furan rings is 1. The number of hydrogen-bond donors (Lipinski definition) is 1. The van der Waals surface area contributed by atoms with Gasteiger partial charge in [0.25, 0.3) is 5.69 Å². The van der Waals surface area contributed by atoms with E-state index in [1.807, 2.05) is 19.1 Å². The molecule has 2 aromatic rings. The van der Waals surface area contributed by atoms with E-state index in [9.17, 15) is 10.1 Å². The van der Waals surface area contributed by atoms with Gasteiger partial charge in [-0.15, -0.1) is 0 Å². The minimum Gasteiger partial charge on any atom is -0.465 e. The van der Waals surface area contributed by atoms with Gasteiger partial charge in [0.05, 0.1) is 11.5 Å². The number of nitrogens with zero attached hydrogens (tertiary/aromatic N) is 1. The zero-order valence-electron chi connectivity index (χ0n) is 10.8. The second-order valence-corrected chi connectivity index (χ2v) is 4.25. The van der Waals surface area contributed by atoms with Crippen LogP contribution < -0.4 is 5.32 Å². The van der Waals surface area contributed by atoms with E-state index in [-0.39, 0.29) is 5.69 Å². The molecule has 5 nitrogen and oxygen atoms in total. The van der Waals surface area contributed by atoms with Gasteiger partial charge in [-0.2, -0.15) is 0 Å².